The Kier molecular flexibility index (Phi) is 3.30. The zero-order valence-corrected chi connectivity index (χ0v) is 9.17. The number of nitrogens with zero attached hydrogens (tertiary/aromatic N) is 1. The smallest absolute Gasteiger partial charge is 0.0690 e. The minimum absolute atomic E-state index is 0.214. The number of benzene rings is 1. The molecule has 0 amide bonds. The number of hydrogen-bond donors (Lipinski definition) is 0. The second-order valence-corrected chi connectivity index (χ2v) is 4.19. The molecule has 1 nitrogen and oxygen atoms in total. The number of aryl methyl sites for hydroxylation is 1. The molecule has 0 fully saturated rings. The van der Waals surface area contributed by atoms with Crippen molar-refractivity contribution in [2.75, 3.05) is 0 Å². The first-order valence-corrected chi connectivity index (χ1v) is 5.06. The Bertz CT molecular complexity index is 348. The van der Waals surface area contributed by atoms with Crippen molar-refractivity contribution in [3.63, 3.8) is 0 Å². The number of hydrogen-bond acceptors (Lipinski definition) is 1. The van der Waals surface area contributed by atoms with Crippen molar-refractivity contribution in [2.24, 2.45) is 5.41 Å². The van der Waals surface area contributed by atoms with Crippen molar-refractivity contribution in [3.05, 3.63) is 35.4 Å². The molecule has 1 heteroatoms. The first-order valence-electron chi connectivity index (χ1n) is 5.06. The molecule has 1 rings (SSSR count). The standard InChI is InChI=1S/C13H17N/c1-4-13(3,10-14)9-12-7-5-6-11(2)8-12/h5-8H,4,9H2,1-3H3. The molecule has 1 aromatic rings. The van der Waals surface area contributed by atoms with Crippen molar-refractivity contribution in [2.45, 2.75) is 33.6 Å². The number of rotatable bonds is 3. The van der Waals surface area contributed by atoms with E-state index in [4.69, 9.17) is 5.26 Å². The summed E-state index contributed by atoms with van der Waals surface area (Å²) in [5.41, 5.74) is 2.31. The third-order valence-electron chi connectivity index (χ3n) is 2.73. The summed E-state index contributed by atoms with van der Waals surface area (Å²) >= 11 is 0. The summed E-state index contributed by atoms with van der Waals surface area (Å²) in [7, 11) is 0. The SMILES string of the molecule is CCC(C)(C#N)Cc1cccc(C)c1. The average Bonchev–Trinajstić information content (AvgIpc) is 2.18. The fourth-order valence-corrected chi connectivity index (χ4v) is 1.52. The van der Waals surface area contributed by atoms with Crippen molar-refractivity contribution in [3.8, 4) is 6.07 Å². The van der Waals surface area contributed by atoms with Gasteiger partial charge in [-0.15, -0.1) is 0 Å². The van der Waals surface area contributed by atoms with Crippen LogP contribution in [0.15, 0.2) is 24.3 Å². The molecule has 0 radical (unpaired) electrons. The molecule has 74 valence electrons. The van der Waals surface area contributed by atoms with E-state index in [1.54, 1.807) is 0 Å². The van der Waals surface area contributed by atoms with E-state index in [-0.39, 0.29) is 5.41 Å². The van der Waals surface area contributed by atoms with Crippen LogP contribution in [0.1, 0.15) is 31.4 Å². The van der Waals surface area contributed by atoms with Gasteiger partial charge >= 0.3 is 0 Å². The van der Waals surface area contributed by atoms with Crippen LogP contribution in [0.3, 0.4) is 0 Å². The molecule has 0 aromatic heterocycles. The van der Waals surface area contributed by atoms with Gasteiger partial charge in [0.2, 0.25) is 0 Å². The van der Waals surface area contributed by atoms with Gasteiger partial charge in [-0.1, -0.05) is 36.8 Å². The van der Waals surface area contributed by atoms with Gasteiger partial charge in [-0.2, -0.15) is 5.26 Å². The highest BCUT2D eigenvalue weighted by Crippen LogP contribution is 2.25. The van der Waals surface area contributed by atoms with Crippen molar-refractivity contribution < 1.29 is 0 Å². The quantitative estimate of drug-likeness (QED) is 0.710. The van der Waals surface area contributed by atoms with Crippen molar-refractivity contribution >= 4 is 0 Å². The molecule has 14 heavy (non-hydrogen) atoms. The molecule has 0 aliphatic heterocycles. The van der Waals surface area contributed by atoms with Gasteiger partial charge in [-0.05, 0) is 32.3 Å². The summed E-state index contributed by atoms with van der Waals surface area (Å²) in [5.74, 6) is 0. The maximum absolute atomic E-state index is 9.07. The second kappa shape index (κ2) is 4.28. The largest absolute Gasteiger partial charge is 0.198 e. The summed E-state index contributed by atoms with van der Waals surface area (Å²) < 4.78 is 0. The fourth-order valence-electron chi connectivity index (χ4n) is 1.52. The molecule has 0 saturated carbocycles. The van der Waals surface area contributed by atoms with Gasteiger partial charge in [-0.25, -0.2) is 0 Å². The van der Waals surface area contributed by atoms with Crippen LogP contribution in [0.25, 0.3) is 0 Å². The lowest BCUT2D eigenvalue weighted by Gasteiger charge is -2.19. The molecular formula is C13H17N. The monoisotopic (exact) mass is 187 g/mol. The van der Waals surface area contributed by atoms with Gasteiger partial charge < -0.3 is 0 Å². The molecule has 0 heterocycles. The Morgan fingerprint density at radius 3 is 2.64 bits per heavy atom. The Morgan fingerprint density at radius 1 is 1.43 bits per heavy atom. The molecule has 1 atom stereocenters. The lowest BCUT2D eigenvalue weighted by molar-refractivity contribution is 0.423. The van der Waals surface area contributed by atoms with Gasteiger partial charge in [0.05, 0.1) is 11.5 Å². The molecule has 1 aromatic carbocycles. The van der Waals surface area contributed by atoms with E-state index >= 15 is 0 Å². The highest BCUT2D eigenvalue weighted by atomic mass is 14.3. The molecule has 0 aliphatic carbocycles. The second-order valence-electron chi connectivity index (χ2n) is 4.19. The summed E-state index contributed by atoms with van der Waals surface area (Å²) in [6.07, 6.45) is 1.75. The Balaban J connectivity index is 2.84. The Hall–Kier alpha value is -1.29. The predicted molar refractivity (Wildman–Crippen MR) is 58.9 cm³/mol. The van der Waals surface area contributed by atoms with E-state index in [0.29, 0.717) is 0 Å². The van der Waals surface area contributed by atoms with E-state index in [9.17, 15) is 0 Å². The average molecular weight is 187 g/mol. The summed E-state index contributed by atoms with van der Waals surface area (Å²) in [6.45, 7) is 6.17. The van der Waals surface area contributed by atoms with Crippen LogP contribution in [-0.4, -0.2) is 0 Å². The van der Waals surface area contributed by atoms with E-state index < -0.39 is 0 Å². The molecule has 1 unspecified atom stereocenters. The van der Waals surface area contributed by atoms with Crippen LogP contribution < -0.4 is 0 Å². The zero-order valence-electron chi connectivity index (χ0n) is 9.17. The summed E-state index contributed by atoms with van der Waals surface area (Å²) in [4.78, 5) is 0. The van der Waals surface area contributed by atoms with Crippen LogP contribution in [0.5, 0.6) is 0 Å². The van der Waals surface area contributed by atoms with Gasteiger partial charge in [0.25, 0.3) is 0 Å². The van der Waals surface area contributed by atoms with Crippen LogP contribution in [0, 0.1) is 23.7 Å². The van der Waals surface area contributed by atoms with Gasteiger partial charge in [0.1, 0.15) is 0 Å². The van der Waals surface area contributed by atoms with Crippen LogP contribution in [0.2, 0.25) is 0 Å². The normalized spacial score (nSPS) is 14.4. The van der Waals surface area contributed by atoms with Crippen molar-refractivity contribution in [1.29, 1.82) is 5.26 Å². The maximum atomic E-state index is 9.07. The van der Waals surface area contributed by atoms with Crippen LogP contribution >= 0.6 is 0 Å². The molecule has 0 saturated heterocycles. The number of nitriles is 1. The van der Waals surface area contributed by atoms with Crippen LogP contribution in [-0.2, 0) is 6.42 Å². The Morgan fingerprint density at radius 2 is 2.14 bits per heavy atom. The van der Waals surface area contributed by atoms with E-state index in [2.05, 4.69) is 44.2 Å². The molecule has 0 bridgehead atoms. The van der Waals surface area contributed by atoms with Gasteiger partial charge in [0, 0.05) is 0 Å². The third-order valence-corrected chi connectivity index (χ3v) is 2.73. The predicted octanol–water partition coefficient (Wildman–Crippen LogP) is 3.48. The molecular weight excluding hydrogens is 170 g/mol. The molecule has 0 aliphatic rings. The van der Waals surface area contributed by atoms with Gasteiger partial charge in [-0.3, -0.25) is 0 Å². The lowest BCUT2D eigenvalue weighted by atomic mass is 9.82. The van der Waals surface area contributed by atoms with Crippen molar-refractivity contribution in [1.82, 2.24) is 0 Å². The first-order chi connectivity index (χ1) is 6.59. The minimum Gasteiger partial charge on any atom is -0.198 e. The van der Waals surface area contributed by atoms with Gasteiger partial charge in [0.15, 0.2) is 0 Å². The summed E-state index contributed by atoms with van der Waals surface area (Å²) in [6, 6.07) is 10.8. The summed E-state index contributed by atoms with van der Waals surface area (Å²) in [5, 5.41) is 9.07. The first kappa shape index (κ1) is 10.8. The van der Waals surface area contributed by atoms with Crippen LogP contribution in [0.4, 0.5) is 0 Å². The third kappa shape index (κ3) is 2.60. The highest BCUT2D eigenvalue weighted by molar-refractivity contribution is 5.24. The maximum Gasteiger partial charge on any atom is 0.0690 e. The van der Waals surface area contributed by atoms with E-state index in [0.717, 1.165) is 12.8 Å². The Labute approximate surface area is 86.4 Å². The van der Waals surface area contributed by atoms with E-state index in [1.165, 1.54) is 11.1 Å². The topological polar surface area (TPSA) is 23.8 Å². The van der Waals surface area contributed by atoms with E-state index in [1.807, 2.05) is 6.92 Å². The molecule has 0 spiro atoms. The lowest BCUT2D eigenvalue weighted by Crippen LogP contribution is -2.15. The minimum atomic E-state index is -0.214. The zero-order chi connectivity index (χ0) is 10.6. The highest BCUT2D eigenvalue weighted by Gasteiger charge is 2.21. The molecule has 0 N–H and O–H groups in total. The fraction of sp³-hybridized carbons (Fsp3) is 0.462.